The Morgan fingerprint density at radius 1 is 1.22 bits per heavy atom. The van der Waals surface area contributed by atoms with Gasteiger partial charge in [0.25, 0.3) is 0 Å². The number of rotatable bonds is 7. The fourth-order valence-electron chi connectivity index (χ4n) is 2.26. The molecule has 1 unspecified atom stereocenters. The van der Waals surface area contributed by atoms with Crippen molar-refractivity contribution in [2.45, 2.75) is 17.9 Å². The second-order valence-electron chi connectivity index (χ2n) is 5.47. The van der Waals surface area contributed by atoms with Gasteiger partial charge in [-0.1, -0.05) is 34.1 Å². The van der Waals surface area contributed by atoms with E-state index in [9.17, 15) is 8.42 Å². The molecule has 0 bridgehead atoms. The highest BCUT2D eigenvalue weighted by atomic mass is 127. The normalized spacial score (nSPS) is 12.8. The van der Waals surface area contributed by atoms with Crippen LogP contribution in [0.25, 0.3) is 0 Å². The number of aliphatic imine (C=N–C) groups is 1. The maximum absolute atomic E-state index is 12.1. The number of aromatic nitrogens is 1. The van der Waals surface area contributed by atoms with E-state index in [-0.39, 0.29) is 41.5 Å². The molecule has 0 aliphatic rings. The Kier molecular flexibility index (Phi) is 10.2. The van der Waals surface area contributed by atoms with E-state index in [1.807, 2.05) is 31.2 Å². The number of pyridine rings is 1. The molecule has 0 aliphatic carbocycles. The zero-order valence-corrected chi connectivity index (χ0v) is 19.7. The van der Waals surface area contributed by atoms with Gasteiger partial charge in [0.15, 0.2) is 5.96 Å². The number of nitrogens with one attached hydrogen (secondary N) is 3. The van der Waals surface area contributed by atoms with Crippen LogP contribution in [0, 0.1) is 0 Å². The van der Waals surface area contributed by atoms with Crippen molar-refractivity contribution in [3.8, 4) is 0 Å². The average molecular weight is 568 g/mol. The summed E-state index contributed by atoms with van der Waals surface area (Å²) in [5.41, 5.74) is 1.10. The van der Waals surface area contributed by atoms with Crippen molar-refractivity contribution in [1.29, 1.82) is 0 Å². The molecule has 27 heavy (non-hydrogen) atoms. The molecular weight excluding hydrogens is 545 g/mol. The minimum Gasteiger partial charge on any atom is -0.355 e. The molecule has 148 valence electrons. The van der Waals surface area contributed by atoms with Crippen LogP contribution in [0.15, 0.2) is 63.2 Å². The molecule has 1 atom stereocenters. The Morgan fingerprint density at radius 3 is 2.59 bits per heavy atom. The smallest absolute Gasteiger partial charge is 0.242 e. The van der Waals surface area contributed by atoms with Gasteiger partial charge >= 0.3 is 0 Å². The number of benzene rings is 1. The van der Waals surface area contributed by atoms with E-state index < -0.39 is 10.0 Å². The first kappa shape index (κ1) is 23.8. The van der Waals surface area contributed by atoms with Crippen LogP contribution < -0.4 is 15.4 Å². The molecule has 2 aromatic rings. The Hall–Kier alpha value is -1.24. The predicted molar refractivity (Wildman–Crippen MR) is 122 cm³/mol. The molecule has 1 heterocycles. The fourth-order valence-corrected chi connectivity index (χ4v) is 3.88. The van der Waals surface area contributed by atoms with Gasteiger partial charge in [-0.05, 0) is 30.7 Å². The highest BCUT2D eigenvalue weighted by molar-refractivity contribution is 14.0. The summed E-state index contributed by atoms with van der Waals surface area (Å²) in [4.78, 5) is 8.13. The molecule has 0 fully saturated rings. The van der Waals surface area contributed by atoms with Gasteiger partial charge in [-0.2, -0.15) is 0 Å². The summed E-state index contributed by atoms with van der Waals surface area (Å²) in [5, 5.41) is 6.37. The lowest BCUT2D eigenvalue weighted by Crippen LogP contribution is -2.42. The number of hydrogen-bond acceptors (Lipinski definition) is 4. The molecule has 0 saturated carbocycles. The minimum atomic E-state index is -3.56. The molecule has 1 aromatic carbocycles. The highest BCUT2D eigenvalue weighted by Gasteiger charge is 2.13. The molecule has 0 saturated heterocycles. The van der Waals surface area contributed by atoms with Gasteiger partial charge in [0, 0.05) is 37.0 Å². The zero-order chi connectivity index (χ0) is 19.0. The third-order valence-electron chi connectivity index (χ3n) is 3.60. The van der Waals surface area contributed by atoms with E-state index in [1.54, 1.807) is 13.1 Å². The monoisotopic (exact) mass is 567 g/mol. The summed E-state index contributed by atoms with van der Waals surface area (Å²) in [6, 6.07) is 11.1. The van der Waals surface area contributed by atoms with Crippen molar-refractivity contribution >= 4 is 55.9 Å². The fraction of sp³-hybridized carbons (Fsp3) is 0.294. The van der Waals surface area contributed by atoms with Crippen LogP contribution in [0.3, 0.4) is 0 Å². The van der Waals surface area contributed by atoms with E-state index in [2.05, 4.69) is 41.3 Å². The first-order valence-electron chi connectivity index (χ1n) is 8.05. The Morgan fingerprint density at radius 2 is 1.96 bits per heavy atom. The standard InChI is InChI=1S/C17H22BrN5O2S.HI/c1-13(15-7-3-4-8-16(15)18)23-17(19-2)21-10-11-22-26(24,25)14-6-5-9-20-12-14;/h3-9,12-13,22H,10-11H2,1-2H3,(H2,19,21,23);1H. The molecule has 10 heteroatoms. The molecule has 0 radical (unpaired) electrons. The molecule has 0 aliphatic heterocycles. The van der Waals surface area contributed by atoms with E-state index in [0.29, 0.717) is 12.5 Å². The van der Waals surface area contributed by atoms with Crippen molar-refractivity contribution < 1.29 is 8.42 Å². The molecule has 0 amide bonds. The summed E-state index contributed by atoms with van der Waals surface area (Å²) in [5.74, 6) is 0.592. The van der Waals surface area contributed by atoms with Gasteiger partial charge in [0.05, 0.1) is 6.04 Å². The lowest BCUT2D eigenvalue weighted by atomic mass is 10.1. The first-order valence-corrected chi connectivity index (χ1v) is 10.3. The summed E-state index contributed by atoms with van der Waals surface area (Å²) in [7, 11) is -1.89. The first-order chi connectivity index (χ1) is 12.4. The maximum Gasteiger partial charge on any atom is 0.242 e. The van der Waals surface area contributed by atoms with Gasteiger partial charge in [0.2, 0.25) is 10.0 Å². The van der Waals surface area contributed by atoms with Gasteiger partial charge in [-0.3, -0.25) is 9.98 Å². The summed E-state index contributed by atoms with van der Waals surface area (Å²) < 4.78 is 27.8. The zero-order valence-electron chi connectivity index (χ0n) is 15.0. The van der Waals surface area contributed by atoms with Crippen molar-refractivity contribution in [1.82, 2.24) is 20.3 Å². The van der Waals surface area contributed by atoms with Gasteiger partial charge in [0.1, 0.15) is 4.90 Å². The van der Waals surface area contributed by atoms with Gasteiger partial charge in [-0.15, -0.1) is 24.0 Å². The average Bonchev–Trinajstić information content (AvgIpc) is 2.65. The van der Waals surface area contributed by atoms with E-state index >= 15 is 0 Å². The Balaban J connectivity index is 0.00000364. The minimum absolute atomic E-state index is 0. The molecule has 2 rings (SSSR count). The van der Waals surface area contributed by atoms with Crippen molar-refractivity contribution in [3.63, 3.8) is 0 Å². The number of sulfonamides is 1. The molecule has 7 nitrogen and oxygen atoms in total. The van der Waals surface area contributed by atoms with Crippen LogP contribution in [-0.4, -0.2) is 39.5 Å². The lowest BCUT2D eigenvalue weighted by Gasteiger charge is -2.19. The van der Waals surface area contributed by atoms with Crippen LogP contribution in [0.2, 0.25) is 0 Å². The summed E-state index contributed by atoms with van der Waals surface area (Å²) in [6.45, 7) is 2.64. The third-order valence-corrected chi connectivity index (χ3v) is 5.77. The largest absolute Gasteiger partial charge is 0.355 e. The number of guanidine groups is 1. The Labute approximate surface area is 185 Å². The van der Waals surface area contributed by atoms with E-state index in [0.717, 1.165) is 10.0 Å². The van der Waals surface area contributed by atoms with Crippen LogP contribution in [0.4, 0.5) is 0 Å². The van der Waals surface area contributed by atoms with Gasteiger partial charge in [-0.25, -0.2) is 13.1 Å². The van der Waals surface area contributed by atoms with Gasteiger partial charge < -0.3 is 10.6 Å². The molecular formula is C17H23BrIN5O2S. The molecule has 0 spiro atoms. The predicted octanol–water partition coefficient (Wildman–Crippen LogP) is 2.67. The van der Waals surface area contributed by atoms with Crippen LogP contribution in [0.5, 0.6) is 0 Å². The molecule has 3 N–H and O–H groups in total. The quantitative estimate of drug-likeness (QED) is 0.207. The maximum atomic E-state index is 12.1. The second kappa shape index (κ2) is 11.6. The van der Waals surface area contributed by atoms with Crippen molar-refractivity contribution in [2.24, 2.45) is 4.99 Å². The van der Waals surface area contributed by atoms with Crippen LogP contribution in [-0.2, 0) is 10.0 Å². The highest BCUT2D eigenvalue weighted by Crippen LogP contribution is 2.22. The number of nitrogens with zero attached hydrogens (tertiary/aromatic N) is 2. The topological polar surface area (TPSA) is 95.5 Å². The SMILES string of the molecule is CN=C(NCCNS(=O)(=O)c1cccnc1)NC(C)c1ccccc1Br.I. The summed E-state index contributed by atoms with van der Waals surface area (Å²) in [6.07, 6.45) is 2.85. The second-order valence-corrected chi connectivity index (χ2v) is 8.09. The number of halogens is 2. The molecule has 1 aromatic heterocycles. The summed E-state index contributed by atoms with van der Waals surface area (Å²) >= 11 is 3.53. The van der Waals surface area contributed by atoms with Crippen LogP contribution in [0.1, 0.15) is 18.5 Å². The van der Waals surface area contributed by atoms with Crippen molar-refractivity contribution in [3.05, 3.63) is 58.8 Å². The number of hydrogen-bond donors (Lipinski definition) is 3. The third kappa shape index (κ3) is 7.35. The lowest BCUT2D eigenvalue weighted by molar-refractivity contribution is 0.579. The van der Waals surface area contributed by atoms with Crippen molar-refractivity contribution in [2.75, 3.05) is 20.1 Å². The van der Waals surface area contributed by atoms with Crippen LogP contribution >= 0.6 is 39.9 Å². The van der Waals surface area contributed by atoms with E-state index in [4.69, 9.17) is 0 Å². The van der Waals surface area contributed by atoms with E-state index in [1.165, 1.54) is 18.5 Å². The Bertz CT molecular complexity index is 849.